The van der Waals surface area contributed by atoms with Gasteiger partial charge in [-0.25, -0.2) is 0 Å². The Balaban J connectivity index is 1.76. The van der Waals surface area contributed by atoms with Crippen molar-refractivity contribution in [1.82, 2.24) is 0 Å². The molecule has 0 spiro atoms. The van der Waals surface area contributed by atoms with Gasteiger partial charge >= 0.3 is 0 Å². The molecular weight excluding hydrogens is 362 g/mol. The number of rotatable bonds is 2. The van der Waals surface area contributed by atoms with E-state index in [1.807, 2.05) is 55.5 Å². The molecule has 1 aliphatic rings. The predicted octanol–water partition coefficient (Wildman–Crippen LogP) is 5.34. The molecule has 3 aromatic carbocycles. The molecule has 3 nitrogen and oxygen atoms in total. The first-order valence-corrected chi connectivity index (χ1v) is 9.32. The summed E-state index contributed by atoms with van der Waals surface area (Å²) in [6.07, 6.45) is 0. The third-order valence-electron chi connectivity index (χ3n) is 4.38. The van der Waals surface area contributed by atoms with Crippen molar-refractivity contribution in [2.45, 2.75) is 6.92 Å². The summed E-state index contributed by atoms with van der Waals surface area (Å²) >= 11 is 6.78. The van der Waals surface area contributed by atoms with Gasteiger partial charge in [0.25, 0.3) is 5.91 Å². The van der Waals surface area contributed by atoms with E-state index in [1.165, 1.54) is 11.8 Å². The number of phenolic OH excluding ortho intramolecular Hbond substituents is 1. The van der Waals surface area contributed by atoms with Gasteiger partial charge in [-0.3, -0.25) is 9.69 Å². The molecule has 1 amide bonds. The maximum absolute atomic E-state index is 13.0. The van der Waals surface area contributed by atoms with Crippen LogP contribution in [0.2, 0.25) is 0 Å². The second-order valence-corrected chi connectivity index (χ2v) is 7.69. The van der Waals surface area contributed by atoms with Crippen molar-refractivity contribution < 1.29 is 9.90 Å². The Kier molecular flexibility index (Phi) is 4.26. The van der Waals surface area contributed by atoms with Crippen LogP contribution in [0.3, 0.4) is 0 Å². The molecule has 1 heterocycles. The Morgan fingerprint density at radius 2 is 1.77 bits per heavy atom. The van der Waals surface area contributed by atoms with Gasteiger partial charge in [0.15, 0.2) is 4.32 Å². The first-order valence-electron chi connectivity index (χ1n) is 8.10. The third-order valence-corrected chi connectivity index (χ3v) is 5.85. The Morgan fingerprint density at radius 1 is 1.00 bits per heavy atom. The molecular formula is C21H15NO2S2. The lowest BCUT2D eigenvalue weighted by Gasteiger charge is -2.15. The van der Waals surface area contributed by atoms with E-state index in [4.69, 9.17) is 12.2 Å². The van der Waals surface area contributed by atoms with E-state index in [9.17, 15) is 9.90 Å². The number of phenols is 1. The molecule has 0 aromatic heterocycles. The summed E-state index contributed by atoms with van der Waals surface area (Å²) in [7, 11) is 0. The molecule has 1 saturated heterocycles. The Hall–Kier alpha value is -2.63. The van der Waals surface area contributed by atoms with Gasteiger partial charge in [0, 0.05) is 0 Å². The molecule has 128 valence electrons. The molecule has 1 fully saturated rings. The SMILES string of the molecule is CC(=C1SC(=S)N(c2ccc3ccccc3c2)C1=O)c1cccc(O)c1. The fourth-order valence-corrected chi connectivity index (χ4v) is 4.35. The van der Waals surface area contributed by atoms with Crippen molar-refractivity contribution >= 4 is 56.2 Å². The highest BCUT2D eigenvalue weighted by molar-refractivity contribution is 8.27. The summed E-state index contributed by atoms with van der Waals surface area (Å²) in [5, 5.41) is 11.9. The Bertz CT molecular complexity index is 1090. The van der Waals surface area contributed by atoms with Crippen LogP contribution in [0.15, 0.2) is 71.6 Å². The number of hydrogen-bond donors (Lipinski definition) is 1. The summed E-state index contributed by atoms with van der Waals surface area (Å²) in [6.45, 7) is 1.88. The summed E-state index contributed by atoms with van der Waals surface area (Å²) in [4.78, 5) is 15.2. The molecule has 26 heavy (non-hydrogen) atoms. The van der Waals surface area contributed by atoms with Crippen LogP contribution in [0, 0.1) is 0 Å². The summed E-state index contributed by atoms with van der Waals surface area (Å²) < 4.78 is 0.514. The summed E-state index contributed by atoms with van der Waals surface area (Å²) in [5.41, 5.74) is 2.38. The maximum Gasteiger partial charge on any atom is 0.271 e. The van der Waals surface area contributed by atoms with E-state index < -0.39 is 0 Å². The van der Waals surface area contributed by atoms with Crippen molar-refractivity contribution in [2.24, 2.45) is 0 Å². The van der Waals surface area contributed by atoms with E-state index in [-0.39, 0.29) is 11.7 Å². The maximum atomic E-state index is 13.0. The lowest BCUT2D eigenvalue weighted by molar-refractivity contribution is -0.113. The fraction of sp³-hybridized carbons (Fsp3) is 0.0476. The molecule has 5 heteroatoms. The van der Waals surface area contributed by atoms with E-state index in [2.05, 4.69) is 0 Å². The molecule has 0 bridgehead atoms. The van der Waals surface area contributed by atoms with Gasteiger partial charge in [0.2, 0.25) is 0 Å². The van der Waals surface area contributed by atoms with Gasteiger partial charge in [-0.2, -0.15) is 0 Å². The highest BCUT2D eigenvalue weighted by Crippen LogP contribution is 2.40. The smallest absolute Gasteiger partial charge is 0.271 e. The van der Waals surface area contributed by atoms with Gasteiger partial charge in [-0.15, -0.1) is 0 Å². The number of amides is 1. The number of fused-ring (bicyclic) bond motifs is 1. The van der Waals surface area contributed by atoms with Gasteiger partial charge < -0.3 is 5.11 Å². The number of thioether (sulfide) groups is 1. The summed E-state index contributed by atoms with van der Waals surface area (Å²) in [5.74, 6) is 0.0444. The van der Waals surface area contributed by atoms with Crippen LogP contribution < -0.4 is 4.90 Å². The van der Waals surface area contributed by atoms with Crippen molar-refractivity contribution in [3.63, 3.8) is 0 Å². The van der Waals surface area contributed by atoms with Crippen molar-refractivity contribution in [1.29, 1.82) is 0 Å². The fourth-order valence-electron chi connectivity index (χ4n) is 3.01. The van der Waals surface area contributed by atoms with E-state index >= 15 is 0 Å². The molecule has 1 aliphatic heterocycles. The lowest BCUT2D eigenvalue weighted by atomic mass is 10.1. The molecule has 3 aromatic rings. The zero-order valence-corrected chi connectivity index (χ0v) is 15.6. The molecule has 0 radical (unpaired) electrons. The second kappa shape index (κ2) is 6.59. The number of anilines is 1. The normalized spacial score (nSPS) is 16.4. The minimum Gasteiger partial charge on any atom is -0.508 e. The largest absolute Gasteiger partial charge is 0.508 e. The quantitative estimate of drug-likeness (QED) is 0.483. The number of nitrogens with zero attached hydrogens (tertiary/aromatic N) is 1. The first kappa shape index (κ1) is 16.8. The average Bonchev–Trinajstić information content (AvgIpc) is 2.95. The van der Waals surface area contributed by atoms with Crippen LogP contribution in [0.5, 0.6) is 5.75 Å². The van der Waals surface area contributed by atoms with Crippen LogP contribution in [0.1, 0.15) is 12.5 Å². The highest BCUT2D eigenvalue weighted by atomic mass is 32.2. The molecule has 0 atom stereocenters. The van der Waals surface area contributed by atoms with Gasteiger partial charge in [-0.05, 0) is 53.1 Å². The van der Waals surface area contributed by atoms with Crippen molar-refractivity contribution in [3.8, 4) is 5.75 Å². The van der Waals surface area contributed by atoms with Crippen LogP contribution in [-0.4, -0.2) is 15.3 Å². The minimum absolute atomic E-state index is 0.129. The highest BCUT2D eigenvalue weighted by Gasteiger charge is 2.35. The number of carbonyl (C=O) groups is 1. The number of benzene rings is 3. The first-order chi connectivity index (χ1) is 12.5. The van der Waals surface area contributed by atoms with E-state index in [1.54, 1.807) is 23.1 Å². The second-order valence-electron chi connectivity index (χ2n) is 6.04. The van der Waals surface area contributed by atoms with Crippen molar-refractivity contribution in [3.05, 3.63) is 77.2 Å². The summed E-state index contributed by atoms with van der Waals surface area (Å²) in [6, 6.07) is 20.8. The Labute approximate surface area is 160 Å². The van der Waals surface area contributed by atoms with Gasteiger partial charge in [0.1, 0.15) is 5.75 Å². The van der Waals surface area contributed by atoms with Crippen LogP contribution in [0.25, 0.3) is 16.3 Å². The van der Waals surface area contributed by atoms with Crippen molar-refractivity contribution in [2.75, 3.05) is 4.90 Å². The molecule has 0 unspecified atom stereocenters. The number of hydrogen-bond acceptors (Lipinski definition) is 4. The van der Waals surface area contributed by atoms with Gasteiger partial charge in [-0.1, -0.05) is 66.4 Å². The lowest BCUT2D eigenvalue weighted by Crippen LogP contribution is -2.27. The standard InChI is InChI=1S/C21H15NO2S2/c1-13(15-7-4-8-18(23)12-15)19-20(24)22(21(25)26-19)17-10-9-14-5-2-3-6-16(14)11-17/h2-12,23H,1H3. The number of allylic oxidation sites excluding steroid dienone is 1. The van der Waals surface area contributed by atoms with E-state index in [0.717, 1.165) is 27.6 Å². The monoisotopic (exact) mass is 377 g/mol. The number of thiocarbonyl (C=S) groups is 1. The minimum atomic E-state index is -0.129. The zero-order valence-electron chi connectivity index (χ0n) is 14.0. The molecule has 0 aliphatic carbocycles. The van der Waals surface area contributed by atoms with Crippen LogP contribution in [0.4, 0.5) is 5.69 Å². The van der Waals surface area contributed by atoms with Crippen LogP contribution in [-0.2, 0) is 4.79 Å². The third kappa shape index (κ3) is 2.89. The molecule has 0 saturated carbocycles. The number of aromatic hydroxyl groups is 1. The van der Waals surface area contributed by atoms with E-state index in [0.29, 0.717) is 9.23 Å². The molecule has 1 N–H and O–H groups in total. The topological polar surface area (TPSA) is 40.5 Å². The number of carbonyl (C=O) groups excluding carboxylic acids is 1. The van der Waals surface area contributed by atoms with Gasteiger partial charge in [0.05, 0.1) is 10.6 Å². The van der Waals surface area contributed by atoms with Crippen LogP contribution >= 0.6 is 24.0 Å². The zero-order chi connectivity index (χ0) is 18.3. The average molecular weight is 377 g/mol. The molecule has 4 rings (SSSR count). The predicted molar refractivity (Wildman–Crippen MR) is 112 cm³/mol. The Morgan fingerprint density at radius 3 is 2.54 bits per heavy atom.